The molecule has 0 aliphatic carbocycles. The molecule has 0 aliphatic rings. The Morgan fingerprint density at radius 1 is 1.21 bits per heavy atom. The van der Waals surface area contributed by atoms with E-state index in [1.807, 2.05) is 6.92 Å². The van der Waals surface area contributed by atoms with Crippen LogP contribution in [-0.2, 0) is 0 Å². The van der Waals surface area contributed by atoms with Crippen molar-refractivity contribution in [2.75, 3.05) is 27.2 Å². The molecule has 0 saturated heterocycles. The molecule has 3 N–H and O–H groups in total. The molecule has 6 nitrogen and oxygen atoms in total. The number of hydrogen-bond donors (Lipinski definition) is 3. The maximum Gasteiger partial charge on any atom is 0.316 e. The number of phenolic OH excluding ortho intramolecular Hbond substituents is 1. The number of urea groups is 1. The Kier molecular flexibility index (Phi) is 5.17. The molecule has 0 radical (unpaired) electrons. The van der Waals surface area contributed by atoms with Crippen LogP contribution in [0.5, 0.6) is 5.75 Å². The van der Waals surface area contributed by atoms with Crippen molar-refractivity contribution in [3.05, 3.63) is 29.3 Å². The van der Waals surface area contributed by atoms with Gasteiger partial charge >= 0.3 is 6.03 Å². The number of hydrogen-bond acceptors (Lipinski definition) is 3. The molecule has 0 bridgehead atoms. The zero-order valence-corrected chi connectivity index (χ0v) is 11.4. The van der Waals surface area contributed by atoms with Crippen LogP contribution in [0.3, 0.4) is 0 Å². The Labute approximate surface area is 112 Å². The van der Waals surface area contributed by atoms with E-state index in [9.17, 15) is 14.7 Å². The van der Waals surface area contributed by atoms with E-state index >= 15 is 0 Å². The van der Waals surface area contributed by atoms with Gasteiger partial charge in [0, 0.05) is 27.2 Å². The van der Waals surface area contributed by atoms with Crippen LogP contribution in [0.4, 0.5) is 4.79 Å². The summed E-state index contributed by atoms with van der Waals surface area (Å²) in [7, 11) is 3.28. The molecule has 19 heavy (non-hydrogen) atoms. The summed E-state index contributed by atoms with van der Waals surface area (Å²) >= 11 is 0. The number of rotatable bonds is 4. The fourth-order valence-corrected chi connectivity index (χ4v) is 1.43. The second-order valence-corrected chi connectivity index (χ2v) is 4.40. The zero-order chi connectivity index (χ0) is 14.4. The number of amides is 3. The van der Waals surface area contributed by atoms with Gasteiger partial charge < -0.3 is 20.6 Å². The van der Waals surface area contributed by atoms with Gasteiger partial charge in [0.15, 0.2) is 0 Å². The van der Waals surface area contributed by atoms with Gasteiger partial charge in [-0.25, -0.2) is 4.79 Å². The summed E-state index contributed by atoms with van der Waals surface area (Å²) in [5.41, 5.74) is 1.13. The van der Waals surface area contributed by atoms with Gasteiger partial charge in [0.2, 0.25) is 0 Å². The van der Waals surface area contributed by atoms with Crippen molar-refractivity contribution >= 4 is 11.9 Å². The molecule has 3 amide bonds. The first-order chi connectivity index (χ1) is 8.91. The van der Waals surface area contributed by atoms with Gasteiger partial charge in [-0.1, -0.05) is 11.6 Å². The Morgan fingerprint density at radius 3 is 2.47 bits per heavy atom. The molecule has 0 spiro atoms. The van der Waals surface area contributed by atoms with Crippen LogP contribution in [0, 0.1) is 6.92 Å². The molecule has 6 heteroatoms. The molecule has 0 heterocycles. The zero-order valence-electron chi connectivity index (χ0n) is 11.4. The SMILES string of the molecule is Cc1ccc(O)c(C(=O)NCCNC(=O)N(C)C)c1. The number of carbonyl (C=O) groups is 2. The molecule has 0 aliphatic heterocycles. The maximum atomic E-state index is 11.8. The van der Waals surface area contributed by atoms with E-state index in [1.54, 1.807) is 26.2 Å². The Hall–Kier alpha value is -2.24. The molecule has 0 unspecified atom stereocenters. The molecule has 0 aromatic heterocycles. The van der Waals surface area contributed by atoms with Crippen molar-refractivity contribution in [3.63, 3.8) is 0 Å². The highest BCUT2D eigenvalue weighted by Crippen LogP contribution is 2.17. The average Bonchev–Trinajstić information content (AvgIpc) is 2.36. The van der Waals surface area contributed by atoms with Gasteiger partial charge in [0.1, 0.15) is 5.75 Å². The lowest BCUT2D eigenvalue weighted by atomic mass is 10.1. The van der Waals surface area contributed by atoms with E-state index in [2.05, 4.69) is 10.6 Å². The summed E-state index contributed by atoms with van der Waals surface area (Å²) in [6.07, 6.45) is 0. The van der Waals surface area contributed by atoms with Crippen LogP contribution in [-0.4, -0.2) is 49.1 Å². The van der Waals surface area contributed by atoms with Crippen molar-refractivity contribution < 1.29 is 14.7 Å². The van der Waals surface area contributed by atoms with Gasteiger partial charge in [-0.05, 0) is 19.1 Å². The molecule has 1 rings (SSSR count). The number of benzene rings is 1. The number of nitrogens with one attached hydrogen (secondary N) is 2. The van der Waals surface area contributed by atoms with E-state index in [0.29, 0.717) is 13.1 Å². The van der Waals surface area contributed by atoms with Gasteiger partial charge in [-0.15, -0.1) is 0 Å². The summed E-state index contributed by atoms with van der Waals surface area (Å²) in [5.74, 6) is -0.416. The van der Waals surface area contributed by atoms with E-state index in [-0.39, 0.29) is 23.3 Å². The van der Waals surface area contributed by atoms with Crippen LogP contribution in [0.2, 0.25) is 0 Å². The fraction of sp³-hybridized carbons (Fsp3) is 0.385. The largest absolute Gasteiger partial charge is 0.507 e. The first-order valence-corrected chi connectivity index (χ1v) is 5.95. The van der Waals surface area contributed by atoms with E-state index < -0.39 is 0 Å². The van der Waals surface area contributed by atoms with E-state index in [1.165, 1.54) is 11.0 Å². The lowest BCUT2D eigenvalue weighted by Gasteiger charge is -2.12. The average molecular weight is 265 g/mol. The van der Waals surface area contributed by atoms with Crippen molar-refractivity contribution in [1.82, 2.24) is 15.5 Å². The van der Waals surface area contributed by atoms with Gasteiger partial charge in [-0.3, -0.25) is 4.79 Å². The molecule has 0 atom stereocenters. The smallest absolute Gasteiger partial charge is 0.316 e. The molecule has 0 saturated carbocycles. The number of aryl methyl sites for hydroxylation is 1. The van der Waals surface area contributed by atoms with Crippen LogP contribution < -0.4 is 10.6 Å². The minimum absolute atomic E-state index is 0.0552. The predicted octanol–water partition coefficient (Wildman–Crippen LogP) is 0.702. The lowest BCUT2D eigenvalue weighted by molar-refractivity contribution is 0.0951. The Balaban J connectivity index is 2.44. The number of phenols is 1. The van der Waals surface area contributed by atoms with Gasteiger partial charge in [0.25, 0.3) is 5.91 Å². The van der Waals surface area contributed by atoms with Crippen LogP contribution in [0.25, 0.3) is 0 Å². The molecule has 1 aromatic carbocycles. The molecular weight excluding hydrogens is 246 g/mol. The Morgan fingerprint density at radius 2 is 1.84 bits per heavy atom. The first kappa shape index (κ1) is 14.8. The summed E-state index contributed by atoms with van der Waals surface area (Å²) < 4.78 is 0. The summed E-state index contributed by atoms with van der Waals surface area (Å²) in [6.45, 7) is 2.47. The van der Waals surface area contributed by atoms with Crippen molar-refractivity contribution in [2.45, 2.75) is 6.92 Å². The van der Waals surface area contributed by atoms with Crippen molar-refractivity contribution in [3.8, 4) is 5.75 Å². The fourth-order valence-electron chi connectivity index (χ4n) is 1.43. The number of aromatic hydroxyl groups is 1. The van der Waals surface area contributed by atoms with Crippen LogP contribution >= 0.6 is 0 Å². The highest BCUT2D eigenvalue weighted by molar-refractivity contribution is 5.97. The molecule has 1 aromatic rings. The lowest BCUT2D eigenvalue weighted by Crippen LogP contribution is -2.39. The minimum atomic E-state index is -0.361. The third-order valence-corrected chi connectivity index (χ3v) is 2.49. The van der Waals surface area contributed by atoms with Gasteiger partial charge in [0.05, 0.1) is 5.56 Å². The standard InChI is InChI=1S/C13H19N3O3/c1-9-4-5-11(17)10(8-9)12(18)14-6-7-15-13(19)16(2)3/h4-5,8,17H,6-7H2,1-3H3,(H,14,18)(H,15,19). The first-order valence-electron chi connectivity index (χ1n) is 5.95. The third kappa shape index (κ3) is 4.50. The monoisotopic (exact) mass is 265 g/mol. The van der Waals surface area contributed by atoms with Crippen molar-refractivity contribution in [2.24, 2.45) is 0 Å². The summed E-state index contributed by atoms with van der Waals surface area (Å²) in [6, 6.07) is 4.61. The van der Waals surface area contributed by atoms with E-state index in [0.717, 1.165) is 5.56 Å². The molecular formula is C13H19N3O3. The Bertz CT molecular complexity index is 472. The highest BCUT2D eigenvalue weighted by atomic mass is 16.3. The van der Waals surface area contributed by atoms with Crippen molar-refractivity contribution in [1.29, 1.82) is 0 Å². The second-order valence-electron chi connectivity index (χ2n) is 4.40. The second kappa shape index (κ2) is 6.63. The minimum Gasteiger partial charge on any atom is -0.507 e. The third-order valence-electron chi connectivity index (χ3n) is 2.49. The molecule has 104 valence electrons. The highest BCUT2D eigenvalue weighted by Gasteiger charge is 2.10. The normalized spacial score (nSPS) is 9.84. The predicted molar refractivity (Wildman–Crippen MR) is 72.3 cm³/mol. The topological polar surface area (TPSA) is 81.7 Å². The number of carbonyl (C=O) groups excluding carboxylic acids is 2. The summed E-state index contributed by atoms with van der Waals surface area (Å²) in [4.78, 5) is 24.4. The molecule has 0 fully saturated rings. The maximum absolute atomic E-state index is 11.8. The number of nitrogens with zero attached hydrogens (tertiary/aromatic N) is 1. The summed E-state index contributed by atoms with van der Waals surface area (Å²) in [5, 5.41) is 14.8. The quantitative estimate of drug-likeness (QED) is 0.701. The van der Waals surface area contributed by atoms with E-state index in [4.69, 9.17) is 0 Å². The van der Waals surface area contributed by atoms with Crippen LogP contribution in [0.1, 0.15) is 15.9 Å². The van der Waals surface area contributed by atoms with Crippen LogP contribution in [0.15, 0.2) is 18.2 Å². The van der Waals surface area contributed by atoms with Gasteiger partial charge in [-0.2, -0.15) is 0 Å².